The number of thiocarbonyl (C=S) groups is 1. The van der Waals surface area contributed by atoms with Gasteiger partial charge in [-0.05, 0) is 51.0 Å². The van der Waals surface area contributed by atoms with Gasteiger partial charge in [0.1, 0.15) is 5.75 Å². The van der Waals surface area contributed by atoms with Gasteiger partial charge in [-0.1, -0.05) is 12.1 Å². The highest BCUT2D eigenvalue weighted by molar-refractivity contribution is 7.80. The molecule has 23 heavy (non-hydrogen) atoms. The summed E-state index contributed by atoms with van der Waals surface area (Å²) in [6.07, 6.45) is 1.54. The molecular formula is C17H24N2O3S. The van der Waals surface area contributed by atoms with Crippen molar-refractivity contribution in [1.82, 2.24) is 4.90 Å². The Bertz CT molecular complexity index is 542. The second-order valence-corrected chi connectivity index (χ2v) is 5.76. The van der Waals surface area contributed by atoms with E-state index in [2.05, 4.69) is 10.2 Å². The number of benzene rings is 1. The van der Waals surface area contributed by atoms with Gasteiger partial charge >= 0.3 is 5.97 Å². The Morgan fingerprint density at radius 2 is 1.96 bits per heavy atom. The van der Waals surface area contributed by atoms with Crippen molar-refractivity contribution in [3.8, 4) is 5.75 Å². The third-order valence-corrected chi connectivity index (χ3v) is 4.19. The molecule has 0 aromatic heterocycles. The molecule has 1 aromatic carbocycles. The molecule has 0 unspecified atom stereocenters. The summed E-state index contributed by atoms with van der Waals surface area (Å²) < 4.78 is 10.7. The molecule has 0 bridgehead atoms. The number of piperidine rings is 1. The van der Waals surface area contributed by atoms with Crippen LogP contribution >= 0.6 is 12.2 Å². The topological polar surface area (TPSA) is 50.8 Å². The van der Waals surface area contributed by atoms with Crippen LogP contribution in [-0.2, 0) is 9.53 Å². The number of hydrogen-bond donors (Lipinski definition) is 1. The van der Waals surface area contributed by atoms with Crippen LogP contribution in [0.2, 0.25) is 0 Å². The Hall–Kier alpha value is -1.82. The Kier molecular flexibility index (Phi) is 6.65. The average Bonchev–Trinajstić information content (AvgIpc) is 2.57. The predicted octanol–water partition coefficient (Wildman–Crippen LogP) is 3.06. The SMILES string of the molecule is CCOC(=O)C1CCN(C(=S)Nc2ccccc2OCC)CC1. The fourth-order valence-corrected chi connectivity index (χ4v) is 2.92. The summed E-state index contributed by atoms with van der Waals surface area (Å²) in [5.41, 5.74) is 0.867. The molecule has 2 rings (SSSR count). The zero-order valence-electron chi connectivity index (χ0n) is 13.7. The van der Waals surface area contributed by atoms with Gasteiger partial charge in [0.25, 0.3) is 0 Å². The van der Waals surface area contributed by atoms with Gasteiger partial charge in [-0.15, -0.1) is 0 Å². The number of esters is 1. The first-order valence-corrected chi connectivity index (χ1v) is 8.50. The van der Waals surface area contributed by atoms with Gasteiger partial charge < -0.3 is 19.7 Å². The van der Waals surface area contributed by atoms with E-state index in [0.29, 0.717) is 18.3 Å². The summed E-state index contributed by atoms with van der Waals surface area (Å²) in [6.45, 7) is 6.35. The first kappa shape index (κ1) is 17.5. The zero-order valence-corrected chi connectivity index (χ0v) is 14.5. The first-order chi connectivity index (χ1) is 11.2. The first-order valence-electron chi connectivity index (χ1n) is 8.10. The third-order valence-electron chi connectivity index (χ3n) is 3.83. The van der Waals surface area contributed by atoms with Crippen molar-refractivity contribution in [1.29, 1.82) is 0 Å². The largest absolute Gasteiger partial charge is 0.492 e. The fourth-order valence-electron chi connectivity index (χ4n) is 2.62. The van der Waals surface area contributed by atoms with Gasteiger partial charge in [0, 0.05) is 13.1 Å². The maximum Gasteiger partial charge on any atom is 0.309 e. The van der Waals surface area contributed by atoms with E-state index >= 15 is 0 Å². The lowest BCUT2D eigenvalue weighted by Gasteiger charge is -2.33. The van der Waals surface area contributed by atoms with Crippen LogP contribution in [0.15, 0.2) is 24.3 Å². The average molecular weight is 336 g/mol. The fraction of sp³-hybridized carbons (Fsp3) is 0.529. The van der Waals surface area contributed by atoms with Crippen molar-refractivity contribution in [2.24, 2.45) is 5.92 Å². The van der Waals surface area contributed by atoms with Crippen LogP contribution < -0.4 is 10.1 Å². The van der Waals surface area contributed by atoms with E-state index in [1.165, 1.54) is 0 Å². The molecule has 1 aliphatic rings. The molecular weight excluding hydrogens is 312 g/mol. The van der Waals surface area contributed by atoms with E-state index in [0.717, 1.165) is 37.4 Å². The number of anilines is 1. The number of carbonyl (C=O) groups is 1. The van der Waals surface area contributed by atoms with Gasteiger partial charge in [0.15, 0.2) is 5.11 Å². The highest BCUT2D eigenvalue weighted by Crippen LogP contribution is 2.25. The maximum absolute atomic E-state index is 11.8. The summed E-state index contributed by atoms with van der Waals surface area (Å²) >= 11 is 5.50. The van der Waals surface area contributed by atoms with Crippen LogP contribution in [0.25, 0.3) is 0 Å². The lowest BCUT2D eigenvalue weighted by atomic mass is 9.97. The van der Waals surface area contributed by atoms with Crippen LogP contribution in [0.4, 0.5) is 5.69 Å². The van der Waals surface area contributed by atoms with E-state index < -0.39 is 0 Å². The van der Waals surface area contributed by atoms with Crippen molar-refractivity contribution in [3.63, 3.8) is 0 Å². The summed E-state index contributed by atoms with van der Waals surface area (Å²) in [7, 11) is 0. The Labute approximate surface area is 142 Å². The van der Waals surface area contributed by atoms with E-state index in [1.54, 1.807) is 0 Å². The van der Waals surface area contributed by atoms with E-state index in [4.69, 9.17) is 21.7 Å². The summed E-state index contributed by atoms with van der Waals surface area (Å²) in [6, 6.07) is 7.74. The van der Waals surface area contributed by atoms with E-state index in [1.807, 2.05) is 38.1 Å². The zero-order chi connectivity index (χ0) is 16.7. The Balaban J connectivity index is 1.89. The molecule has 0 atom stereocenters. The van der Waals surface area contributed by atoms with Gasteiger partial charge in [0.2, 0.25) is 0 Å². The van der Waals surface area contributed by atoms with Gasteiger partial charge in [-0.2, -0.15) is 0 Å². The molecule has 5 nitrogen and oxygen atoms in total. The molecule has 0 spiro atoms. The molecule has 0 radical (unpaired) electrons. The van der Waals surface area contributed by atoms with Crippen LogP contribution in [0.3, 0.4) is 0 Å². The van der Waals surface area contributed by atoms with Crippen molar-refractivity contribution in [3.05, 3.63) is 24.3 Å². The summed E-state index contributed by atoms with van der Waals surface area (Å²) in [5.74, 6) is 0.691. The highest BCUT2D eigenvalue weighted by atomic mass is 32.1. The Morgan fingerprint density at radius 1 is 1.26 bits per heavy atom. The number of para-hydroxylation sites is 2. The number of likely N-dealkylation sites (tertiary alicyclic amines) is 1. The van der Waals surface area contributed by atoms with Crippen LogP contribution in [0, 0.1) is 5.92 Å². The molecule has 1 aliphatic heterocycles. The molecule has 1 saturated heterocycles. The third kappa shape index (κ3) is 4.82. The number of rotatable bonds is 5. The van der Waals surface area contributed by atoms with Crippen molar-refractivity contribution < 1.29 is 14.3 Å². The maximum atomic E-state index is 11.8. The van der Waals surface area contributed by atoms with Crippen molar-refractivity contribution in [2.45, 2.75) is 26.7 Å². The minimum absolute atomic E-state index is 0.00953. The van der Waals surface area contributed by atoms with Crippen LogP contribution in [0.1, 0.15) is 26.7 Å². The molecule has 1 heterocycles. The molecule has 1 N–H and O–H groups in total. The smallest absolute Gasteiger partial charge is 0.309 e. The quantitative estimate of drug-likeness (QED) is 0.659. The molecule has 6 heteroatoms. The molecule has 1 aromatic rings. The van der Waals surface area contributed by atoms with Crippen molar-refractivity contribution >= 4 is 29.0 Å². The second-order valence-electron chi connectivity index (χ2n) is 5.37. The highest BCUT2D eigenvalue weighted by Gasteiger charge is 2.27. The number of ether oxygens (including phenoxy) is 2. The minimum Gasteiger partial charge on any atom is -0.492 e. The van der Waals surface area contributed by atoms with Crippen LogP contribution in [0.5, 0.6) is 5.75 Å². The second kappa shape index (κ2) is 8.72. The molecule has 0 amide bonds. The monoisotopic (exact) mass is 336 g/mol. The lowest BCUT2D eigenvalue weighted by Crippen LogP contribution is -2.42. The van der Waals surface area contributed by atoms with Gasteiger partial charge in [-0.25, -0.2) is 0 Å². The lowest BCUT2D eigenvalue weighted by molar-refractivity contribution is -0.149. The standard InChI is InChI=1S/C17H24N2O3S/c1-3-21-15-8-6-5-7-14(15)18-17(23)19-11-9-13(10-12-19)16(20)22-4-2/h5-8,13H,3-4,9-12H2,1-2H3,(H,18,23). The number of nitrogens with zero attached hydrogens (tertiary/aromatic N) is 1. The number of nitrogens with one attached hydrogen (secondary N) is 1. The minimum atomic E-state index is -0.0901. The normalized spacial score (nSPS) is 15.1. The van der Waals surface area contributed by atoms with Gasteiger partial charge in [-0.3, -0.25) is 4.79 Å². The number of hydrogen-bond acceptors (Lipinski definition) is 4. The van der Waals surface area contributed by atoms with E-state index in [9.17, 15) is 4.79 Å². The number of carbonyl (C=O) groups excluding carboxylic acids is 1. The van der Waals surface area contributed by atoms with Crippen molar-refractivity contribution in [2.75, 3.05) is 31.6 Å². The van der Waals surface area contributed by atoms with E-state index in [-0.39, 0.29) is 11.9 Å². The molecule has 0 saturated carbocycles. The van der Waals surface area contributed by atoms with Gasteiger partial charge in [0.05, 0.1) is 24.8 Å². The Morgan fingerprint density at radius 3 is 2.61 bits per heavy atom. The molecule has 126 valence electrons. The summed E-state index contributed by atoms with van der Waals surface area (Å²) in [4.78, 5) is 13.9. The van der Waals surface area contributed by atoms with Crippen LogP contribution in [-0.4, -0.2) is 42.3 Å². The summed E-state index contributed by atoms with van der Waals surface area (Å²) in [5, 5.41) is 3.92. The molecule has 1 fully saturated rings. The predicted molar refractivity (Wildman–Crippen MR) is 94.8 cm³/mol. The molecule has 0 aliphatic carbocycles.